The summed E-state index contributed by atoms with van der Waals surface area (Å²) in [4.78, 5) is 13.0. The van der Waals surface area contributed by atoms with Gasteiger partial charge in [-0.2, -0.15) is 0 Å². The maximum atomic E-state index is 12.5. The summed E-state index contributed by atoms with van der Waals surface area (Å²) in [6.07, 6.45) is 0. The van der Waals surface area contributed by atoms with Crippen LogP contribution < -0.4 is 0 Å². The molecule has 6 heteroatoms. The fourth-order valence-corrected chi connectivity index (χ4v) is 5.77. The van der Waals surface area contributed by atoms with Crippen molar-refractivity contribution in [2.75, 3.05) is 6.61 Å². The summed E-state index contributed by atoms with van der Waals surface area (Å²) in [6.45, 7) is 3.73. The van der Waals surface area contributed by atoms with Crippen LogP contribution in [0.2, 0.25) is 0 Å². The first-order valence-electron chi connectivity index (χ1n) is 6.13. The van der Waals surface area contributed by atoms with Crippen molar-refractivity contribution in [1.29, 1.82) is 0 Å². The van der Waals surface area contributed by atoms with Crippen molar-refractivity contribution in [2.24, 2.45) is 0 Å². The molecule has 0 fully saturated rings. The van der Waals surface area contributed by atoms with E-state index in [2.05, 4.69) is 0 Å². The summed E-state index contributed by atoms with van der Waals surface area (Å²) >= 11 is 1.13. The molecule has 20 heavy (non-hydrogen) atoms. The molecule has 104 valence electrons. The number of hydrogen-bond donors (Lipinski definition) is 0. The number of sulfone groups is 1. The van der Waals surface area contributed by atoms with Gasteiger partial charge in [0.25, 0.3) is 0 Å². The van der Waals surface area contributed by atoms with Crippen LogP contribution in [0.3, 0.4) is 0 Å². The lowest BCUT2D eigenvalue weighted by Crippen LogP contribution is -2.06. The van der Waals surface area contributed by atoms with Crippen LogP contribution in [-0.2, 0) is 14.6 Å². The zero-order valence-corrected chi connectivity index (χ0v) is 12.6. The van der Waals surface area contributed by atoms with Gasteiger partial charge in [-0.1, -0.05) is 18.2 Å². The monoisotopic (exact) mass is 308 g/mol. The summed E-state index contributed by atoms with van der Waals surface area (Å²) in [6, 6.07) is 6.75. The average Bonchev–Trinajstić information content (AvgIpc) is 2.85. The van der Waals surface area contributed by atoms with Crippen LogP contribution in [0.4, 0.5) is 0 Å². The summed E-state index contributed by atoms with van der Waals surface area (Å²) in [5.41, 5.74) is 1.47. The second kappa shape index (κ2) is 4.43. The average molecular weight is 308 g/mol. The molecule has 1 aromatic heterocycles. The van der Waals surface area contributed by atoms with Crippen LogP contribution in [0.1, 0.15) is 22.2 Å². The van der Waals surface area contributed by atoms with Crippen LogP contribution in [0, 0.1) is 6.92 Å². The van der Waals surface area contributed by atoms with Gasteiger partial charge in [-0.25, -0.2) is 13.2 Å². The molecule has 0 atom stereocenters. The Labute approximate surface area is 120 Å². The number of ether oxygens (including phenoxy) is 1. The number of hydrogen-bond acceptors (Lipinski definition) is 5. The first-order valence-corrected chi connectivity index (χ1v) is 8.43. The molecule has 1 aliphatic rings. The molecule has 0 saturated carbocycles. The molecule has 0 N–H and O–H groups in total. The fourth-order valence-electron chi connectivity index (χ4n) is 2.41. The van der Waals surface area contributed by atoms with Crippen molar-refractivity contribution in [2.45, 2.75) is 23.0 Å². The van der Waals surface area contributed by atoms with Crippen LogP contribution >= 0.6 is 11.3 Å². The summed E-state index contributed by atoms with van der Waals surface area (Å²) in [5.74, 6) is -0.464. The van der Waals surface area contributed by atoms with E-state index in [0.29, 0.717) is 21.6 Å². The summed E-state index contributed by atoms with van der Waals surface area (Å²) in [5, 5.41) is 0. The van der Waals surface area contributed by atoms with Crippen LogP contribution in [0.25, 0.3) is 11.1 Å². The largest absolute Gasteiger partial charge is 0.462 e. The molecule has 0 radical (unpaired) electrons. The van der Waals surface area contributed by atoms with Crippen molar-refractivity contribution in [3.05, 3.63) is 34.7 Å². The fraction of sp³-hybridized carbons (Fsp3) is 0.214. The normalized spacial score (nSPS) is 14.7. The number of thiophene rings is 1. The predicted molar refractivity (Wildman–Crippen MR) is 75.9 cm³/mol. The Bertz CT molecular complexity index is 816. The number of carbonyl (C=O) groups excluding carboxylic acids is 1. The number of carbonyl (C=O) groups is 1. The van der Waals surface area contributed by atoms with Gasteiger partial charge >= 0.3 is 5.97 Å². The topological polar surface area (TPSA) is 60.4 Å². The Balaban J connectivity index is 2.35. The third-order valence-electron chi connectivity index (χ3n) is 3.22. The molecule has 2 heterocycles. The molecule has 0 aliphatic carbocycles. The highest BCUT2D eigenvalue weighted by Gasteiger charge is 2.39. The van der Waals surface area contributed by atoms with Gasteiger partial charge in [0.1, 0.15) is 4.21 Å². The second-order valence-electron chi connectivity index (χ2n) is 4.42. The molecule has 1 aromatic carbocycles. The van der Waals surface area contributed by atoms with E-state index in [1.165, 1.54) is 0 Å². The van der Waals surface area contributed by atoms with Crippen molar-refractivity contribution in [3.63, 3.8) is 0 Å². The Morgan fingerprint density at radius 1 is 1.30 bits per heavy atom. The van der Waals surface area contributed by atoms with Gasteiger partial charge < -0.3 is 4.74 Å². The zero-order valence-electron chi connectivity index (χ0n) is 11.0. The number of rotatable bonds is 2. The van der Waals surface area contributed by atoms with E-state index in [9.17, 15) is 13.2 Å². The van der Waals surface area contributed by atoms with Crippen molar-refractivity contribution < 1.29 is 17.9 Å². The van der Waals surface area contributed by atoms with Gasteiger partial charge in [-0.05, 0) is 19.9 Å². The highest BCUT2D eigenvalue weighted by Crippen LogP contribution is 2.50. The van der Waals surface area contributed by atoms with Gasteiger partial charge in [0.15, 0.2) is 0 Å². The van der Waals surface area contributed by atoms with Crippen molar-refractivity contribution in [1.82, 2.24) is 0 Å². The van der Waals surface area contributed by atoms with Gasteiger partial charge in [0, 0.05) is 16.0 Å². The van der Waals surface area contributed by atoms with Gasteiger partial charge in [-0.3, -0.25) is 0 Å². The Morgan fingerprint density at radius 3 is 2.70 bits per heavy atom. The lowest BCUT2D eigenvalue weighted by Gasteiger charge is -2.04. The molecule has 0 bridgehead atoms. The molecular formula is C14H12O4S2. The molecule has 1 aliphatic heterocycles. The quantitative estimate of drug-likeness (QED) is 0.683. The molecule has 2 aromatic rings. The van der Waals surface area contributed by atoms with Crippen LogP contribution in [0.5, 0.6) is 0 Å². The SMILES string of the molecule is CCOC(=O)c1c(C)sc2c1-c1ccccc1S2(=O)=O. The molecule has 0 amide bonds. The lowest BCUT2D eigenvalue weighted by atomic mass is 10.0. The lowest BCUT2D eigenvalue weighted by molar-refractivity contribution is 0.0527. The third-order valence-corrected chi connectivity index (χ3v) is 6.66. The highest BCUT2D eigenvalue weighted by atomic mass is 32.2. The molecule has 0 spiro atoms. The minimum absolute atomic E-state index is 0.249. The van der Waals surface area contributed by atoms with Gasteiger partial charge in [0.2, 0.25) is 9.84 Å². The van der Waals surface area contributed by atoms with E-state index in [1.54, 1.807) is 38.1 Å². The van der Waals surface area contributed by atoms with E-state index in [1.807, 2.05) is 0 Å². The molecule has 0 unspecified atom stereocenters. The third kappa shape index (κ3) is 1.65. The van der Waals surface area contributed by atoms with E-state index >= 15 is 0 Å². The predicted octanol–water partition coefficient (Wildman–Crippen LogP) is 3.05. The first kappa shape index (κ1) is 13.3. The Morgan fingerprint density at radius 2 is 2.00 bits per heavy atom. The van der Waals surface area contributed by atoms with Crippen LogP contribution in [-0.4, -0.2) is 21.0 Å². The summed E-state index contributed by atoms with van der Waals surface area (Å²) < 4.78 is 30.3. The van der Waals surface area contributed by atoms with E-state index < -0.39 is 15.8 Å². The van der Waals surface area contributed by atoms with Gasteiger partial charge in [0.05, 0.1) is 17.1 Å². The smallest absolute Gasteiger partial charge is 0.339 e. The number of aryl methyl sites for hydroxylation is 1. The van der Waals surface area contributed by atoms with E-state index in [-0.39, 0.29) is 15.7 Å². The van der Waals surface area contributed by atoms with Gasteiger partial charge in [-0.15, -0.1) is 11.3 Å². The minimum atomic E-state index is -3.50. The Kier molecular flexibility index (Phi) is 2.95. The number of benzene rings is 1. The minimum Gasteiger partial charge on any atom is -0.462 e. The second-order valence-corrected chi connectivity index (χ2v) is 7.75. The highest BCUT2D eigenvalue weighted by molar-refractivity contribution is 7.94. The standard InChI is InChI=1S/C14H12O4S2/c1-3-18-13(15)11-8(2)19-14-12(11)9-6-4-5-7-10(9)20(14,16)17/h4-7H,3H2,1-2H3. The maximum Gasteiger partial charge on any atom is 0.339 e. The maximum absolute atomic E-state index is 12.5. The van der Waals surface area contributed by atoms with Crippen molar-refractivity contribution in [3.8, 4) is 11.1 Å². The van der Waals surface area contributed by atoms with E-state index in [4.69, 9.17) is 4.74 Å². The zero-order chi connectivity index (χ0) is 14.5. The van der Waals surface area contributed by atoms with E-state index in [0.717, 1.165) is 11.3 Å². The number of esters is 1. The molecule has 4 nitrogen and oxygen atoms in total. The molecule has 0 saturated heterocycles. The van der Waals surface area contributed by atoms with Crippen molar-refractivity contribution >= 4 is 27.1 Å². The Hall–Kier alpha value is -1.66. The summed E-state index contributed by atoms with van der Waals surface area (Å²) in [7, 11) is -3.50. The molecular weight excluding hydrogens is 296 g/mol. The molecule has 3 rings (SSSR count). The first-order chi connectivity index (χ1) is 9.48. The van der Waals surface area contributed by atoms with Crippen LogP contribution in [0.15, 0.2) is 33.4 Å². The number of fused-ring (bicyclic) bond motifs is 3.